The minimum atomic E-state index is -2.94. The molecule has 0 radical (unpaired) electrons. The Hall–Kier alpha value is 4.25. The van der Waals surface area contributed by atoms with Crippen molar-refractivity contribution in [2.75, 3.05) is 0 Å². The van der Waals surface area contributed by atoms with Crippen LogP contribution in [0.2, 0.25) is 0 Å². The smallest absolute Gasteiger partial charge is 1.00 e. The van der Waals surface area contributed by atoms with Gasteiger partial charge >= 0.3 is 257 Å². The molecular formula is C12H20K2Na4O16. The Kier molecular flexibility index (Phi) is 43.8. The van der Waals surface area contributed by atoms with E-state index >= 15 is 0 Å². The van der Waals surface area contributed by atoms with E-state index in [1.54, 1.807) is 0 Å². The van der Waals surface area contributed by atoms with Crippen molar-refractivity contribution in [1.29, 1.82) is 0 Å². The number of rotatable bonds is 9. The Morgan fingerprint density at radius 2 is 0.588 bits per heavy atom. The van der Waals surface area contributed by atoms with Gasteiger partial charge in [-0.3, -0.25) is 0 Å². The second-order valence-electron chi connectivity index (χ2n) is 4.83. The van der Waals surface area contributed by atoms with Crippen molar-refractivity contribution in [1.82, 2.24) is 0 Å². The summed E-state index contributed by atoms with van der Waals surface area (Å²) in [6.07, 6.45) is -16.9. The number of esters is 4. The zero-order chi connectivity index (χ0) is 22.3. The molecule has 0 saturated heterocycles. The molecule has 22 heteroatoms. The van der Waals surface area contributed by atoms with Gasteiger partial charge in [0.2, 0.25) is 0 Å². The van der Waals surface area contributed by atoms with Gasteiger partial charge in [0.05, 0.1) is 0 Å². The van der Waals surface area contributed by atoms with Crippen molar-refractivity contribution in [3.05, 3.63) is 0 Å². The first-order chi connectivity index (χ1) is 12.7. The van der Waals surface area contributed by atoms with Gasteiger partial charge in [0.1, 0.15) is 0 Å². The average Bonchev–Trinajstić information content (AvgIpc) is 2.63. The molecule has 0 aromatic carbocycles. The molecule has 0 aliphatic rings. The zero-order valence-electron chi connectivity index (χ0n) is 25.3. The van der Waals surface area contributed by atoms with Crippen LogP contribution >= 0.6 is 0 Å². The maximum atomic E-state index is 11.4. The number of carbonyl (C=O) groups excluding carboxylic acids is 4. The molecule has 0 aliphatic heterocycles. The summed E-state index contributed by atoms with van der Waals surface area (Å²) in [4.78, 5) is 65.8. The van der Waals surface area contributed by atoms with Crippen molar-refractivity contribution in [3.63, 3.8) is 0 Å². The molecule has 0 heterocycles. The third-order valence-electron chi connectivity index (χ3n) is 2.77. The number of carbonyl (C=O) groups is 6. The van der Waals surface area contributed by atoms with Crippen LogP contribution in [0.5, 0.6) is 0 Å². The van der Waals surface area contributed by atoms with Crippen LogP contribution in [0.3, 0.4) is 0 Å². The van der Waals surface area contributed by atoms with Gasteiger partial charge < -0.3 is 58.9 Å². The SMILES string of the molecule is O=C(O)C(O)C(O)C(=O)OC(=O)C(O)C(O)C(=O)OC(=O)C(O)C(O)C(=O)O.[H-].[H-].[H-].[H-].[H-].[H-].[K+].[K+].[Na+].[Na+].[Na+].[Na+]. The number of hydrogen-bond acceptors (Lipinski definition) is 14. The number of carboxylic acids is 2. The first-order valence-electron chi connectivity index (χ1n) is 6.77. The fraction of sp³-hybridized carbons (Fsp3) is 0.500. The van der Waals surface area contributed by atoms with E-state index in [2.05, 4.69) is 9.47 Å². The molecule has 170 valence electrons. The third kappa shape index (κ3) is 19.4. The van der Waals surface area contributed by atoms with E-state index in [1.165, 1.54) is 0 Å². The van der Waals surface area contributed by atoms with Crippen molar-refractivity contribution in [2.24, 2.45) is 0 Å². The molecule has 0 aromatic heterocycles. The summed E-state index contributed by atoms with van der Waals surface area (Å²) in [5.74, 6) is -12.6. The number of aliphatic carboxylic acids is 2. The summed E-state index contributed by atoms with van der Waals surface area (Å²) in [6, 6.07) is 0. The molecule has 0 bridgehead atoms. The monoisotopic (exact) mass is 590 g/mol. The van der Waals surface area contributed by atoms with Crippen LogP contribution < -0.4 is 221 Å². The molecular weight excluding hydrogens is 570 g/mol. The fourth-order valence-corrected chi connectivity index (χ4v) is 1.23. The van der Waals surface area contributed by atoms with E-state index in [-0.39, 0.29) is 230 Å². The maximum Gasteiger partial charge on any atom is 1.00 e. The normalized spacial score (nSPS) is 14.2. The van der Waals surface area contributed by atoms with E-state index in [1.807, 2.05) is 0 Å². The standard InChI is InChI=1S/C12H14O16.2K.4Na.6H/c13-1(7(19)20)3(15)9(23)27-11(25)5(17)6(18)12(26)28-10(24)4(16)2(14)8(21)22;;;;;;;;;;;;/h1-6,13-18H,(H,19,20)(H,21,22);;;;;;;;;;;;/q;6*+1;6*-1. The Labute approximate surface area is 373 Å². The van der Waals surface area contributed by atoms with Gasteiger partial charge in [-0.25, -0.2) is 28.8 Å². The van der Waals surface area contributed by atoms with Crippen LogP contribution in [-0.4, -0.2) is 113 Å². The largest absolute Gasteiger partial charge is 1.00 e. The van der Waals surface area contributed by atoms with Crippen LogP contribution in [0.4, 0.5) is 0 Å². The van der Waals surface area contributed by atoms with Crippen molar-refractivity contribution in [3.8, 4) is 0 Å². The molecule has 0 fully saturated rings. The third-order valence-corrected chi connectivity index (χ3v) is 2.77. The Balaban J connectivity index is -0.0000000552. The minimum Gasteiger partial charge on any atom is -1.00 e. The molecule has 8 N–H and O–H groups in total. The van der Waals surface area contributed by atoms with Crippen LogP contribution in [0.1, 0.15) is 8.56 Å². The molecule has 0 aliphatic carbocycles. The van der Waals surface area contributed by atoms with Gasteiger partial charge in [-0.2, -0.15) is 0 Å². The number of ether oxygens (including phenoxy) is 2. The van der Waals surface area contributed by atoms with Crippen molar-refractivity contribution < 1.29 is 309 Å². The van der Waals surface area contributed by atoms with Gasteiger partial charge in [0, 0.05) is 0 Å². The van der Waals surface area contributed by atoms with Gasteiger partial charge in [-0.05, 0) is 0 Å². The molecule has 0 saturated carbocycles. The molecule has 6 atom stereocenters. The maximum absolute atomic E-state index is 11.4. The molecule has 34 heavy (non-hydrogen) atoms. The predicted molar refractivity (Wildman–Crippen MR) is 80.2 cm³/mol. The van der Waals surface area contributed by atoms with E-state index < -0.39 is 72.4 Å². The molecule has 0 rings (SSSR count). The summed E-state index contributed by atoms with van der Waals surface area (Å²) in [5.41, 5.74) is 0. The predicted octanol–water partition coefficient (Wildman–Crippen LogP) is -23.8. The van der Waals surface area contributed by atoms with Gasteiger partial charge in [0.25, 0.3) is 0 Å². The number of aliphatic hydroxyl groups is 6. The van der Waals surface area contributed by atoms with Crippen LogP contribution in [-0.2, 0) is 38.2 Å². The van der Waals surface area contributed by atoms with E-state index in [0.29, 0.717) is 0 Å². The quantitative estimate of drug-likeness (QED) is 0.0703. The minimum absolute atomic E-state index is 0. The Morgan fingerprint density at radius 1 is 0.441 bits per heavy atom. The summed E-state index contributed by atoms with van der Waals surface area (Å²) in [6.45, 7) is 0. The number of hydrogen-bond donors (Lipinski definition) is 8. The average molecular weight is 590 g/mol. The van der Waals surface area contributed by atoms with Crippen molar-refractivity contribution >= 4 is 35.8 Å². The molecule has 6 unspecified atom stereocenters. The summed E-state index contributed by atoms with van der Waals surface area (Å²) in [7, 11) is 0. The summed E-state index contributed by atoms with van der Waals surface area (Å²) in [5, 5.41) is 71.3. The van der Waals surface area contributed by atoms with Gasteiger partial charge in [-0.1, -0.05) is 0 Å². The molecule has 0 spiro atoms. The number of carboxylic acid groups (broad SMARTS) is 2. The first kappa shape index (κ1) is 54.4. The van der Waals surface area contributed by atoms with E-state index in [9.17, 15) is 39.0 Å². The van der Waals surface area contributed by atoms with E-state index in [0.717, 1.165) is 0 Å². The van der Waals surface area contributed by atoms with Crippen LogP contribution in [0.15, 0.2) is 0 Å². The second-order valence-corrected chi connectivity index (χ2v) is 4.83. The van der Waals surface area contributed by atoms with Gasteiger partial charge in [-0.15, -0.1) is 0 Å². The molecule has 16 nitrogen and oxygen atoms in total. The van der Waals surface area contributed by atoms with Crippen molar-refractivity contribution in [2.45, 2.75) is 36.6 Å². The number of aliphatic hydroxyl groups excluding tert-OH is 6. The Bertz CT molecular complexity index is 651. The second kappa shape index (κ2) is 27.4. The first-order valence-corrected chi connectivity index (χ1v) is 6.77. The van der Waals surface area contributed by atoms with E-state index in [4.69, 9.17) is 30.6 Å². The summed E-state index contributed by atoms with van der Waals surface area (Å²) >= 11 is 0. The van der Waals surface area contributed by atoms with Gasteiger partial charge in [0.15, 0.2) is 36.6 Å². The zero-order valence-corrected chi connectivity index (χ0v) is 33.6. The molecule has 0 aromatic rings. The fourth-order valence-electron chi connectivity index (χ4n) is 1.23. The van der Waals surface area contributed by atoms with Crippen LogP contribution in [0, 0.1) is 0 Å². The Morgan fingerprint density at radius 3 is 0.735 bits per heavy atom. The topological polar surface area (TPSA) is 283 Å². The van der Waals surface area contributed by atoms with Crippen LogP contribution in [0.25, 0.3) is 0 Å². The molecule has 0 amide bonds. The summed E-state index contributed by atoms with van der Waals surface area (Å²) < 4.78 is 7.44.